The maximum atomic E-state index is 12.2. The lowest BCUT2D eigenvalue weighted by Gasteiger charge is -2.18. The van der Waals surface area contributed by atoms with Gasteiger partial charge in [0.2, 0.25) is 0 Å². The predicted molar refractivity (Wildman–Crippen MR) is 80.2 cm³/mol. The van der Waals surface area contributed by atoms with Crippen molar-refractivity contribution >= 4 is 21.8 Å². The van der Waals surface area contributed by atoms with Gasteiger partial charge in [0.05, 0.1) is 0 Å². The first kappa shape index (κ1) is 13.9. The number of H-pyrrole nitrogens is 1. The number of aromatic nitrogens is 1. The van der Waals surface area contributed by atoms with E-state index in [1.807, 2.05) is 7.05 Å². The van der Waals surface area contributed by atoms with Crippen LogP contribution in [0.3, 0.4) is 0 Å². The van der Waals surface area contributed by atoms with Crippen LogP contribution in [0.2, 0.25) is 0 Å². The summed E-state index contributed by atoms with van der Waals surface area (Å²) >= 11 is 3.33. The third-order valence-corrected chi connectivity index (χ3v) is 3.59. The monoisotopic (exact) mass is 320 g/mol. The molecule has 0 aliphatic heterocycles. The number of carbonyl (C=O) groups is 1. The molecule has 3 nitrogen and oxygen atoms in total. The van der Waals surface area contributed by atoms with Crippen molar-refractivity contribution < 1.29 is 4.79 Å². The van der Waals surface area contributed by atoms with Crippen LogP contribution in [0.1, 0.15) is 27.2 Å². The van der Waals surface area contributed by atoms with Crippen LogP contribution >= 0.6 is 15.9 Å². The first-order valence-electron chi connectivity index (χ1n) is 6.13. The molecule has 0 fully saturated rings. The van der Waals surface area contributed by atoms with Crippen molar-refractivity contribution in [1.29, 1.82) is 0 Å². The van der Waals surface area contributed by atoms with Gasteiger partial charge in [0.1, 0.15) is 5.69 Å². The van der Waals surface area contributed by atoms with Gasteiger partial charge in [0.15, 0.2) is 0 Å². The van der Waals surface area contributed by atoms with E-state index in [1.54, 1.807) is 17.2 Å². The van der Waals surface area contributed by atoms with Crippen LogP contribution in [-0.2, 0) is 6.54 Å². The molecule has 0 saturated carbocycles. The van der Waals surface area contributed by atoms with E-state index in [0.717, 1.165) is 4.47 Å². The van der Waals surface area contributed by atoms with Gasteiger partial charge in [0, 0.05) is 24.3 Å². The molecule has 2 aromatic rings. The lowest BCUT2D eigenvalue weighted by molar-refractivity contribution is 0.0780. The Morgan fingerprint density at radius 3 is 2.63 bits per heavy atom. The van der Waals surface area contributed by atoms with E-state index in [0.29, 0.717) is 12.2 Å². The minimum Gasteiger partial charge on any atom is -0.356 e. The maximum Gasteiger partial charge on any atom is 0.270 e. The molecule has 0 aliphatic carbocycles. The molecule has 0 atom stereocenters. The maximum absolute atomic E-state index is 12.2. The number of aryl methyl sites for hydroxylation is 2. The van der Waals surface area contributed by atoms with Gasteiger partial charge in [0.25, 0.3) is 5.91 Å². The van der Waals surface area contributed by atoms with E-state index in [-0.39, 0.29) is 5.91 Å². The zero-order valence-corrected chi connectivity index (χ0v) is 12.9. The van der Waals surface area contributed by atoms with Crippen LogP contribution in [0.25, 0.3) is 0 Å². The molecule has 1 aromatic carbocycles. The summed E-state index contributed by atoms with van der Waals surface area (Å²) in [5.74, 6) is -0.00863. The lowest BCUT2D eigenvalue weighted by atomic mass is 10.1. The zero-order chi connectivity index (χ0) is 14.0. The standard InChI is InChI=1S/C15H17BrN2O/c1-10-4-5-12(11(2)6-10)9-18(3)15(19)14-7-13(16)8-17-14/h4-8,17H,9H2,1-3H3. The number of halogens is 1. The van der Waals surface area contributed by atoms with Gasteiger partial charge in [-0.2, -0.15) is 0 Å². The third-order valence-electron chi connectivity index (χ3n) is 3.13. The minimum absolute atomic E-state index is 0.00863. The highest BCUT2D eigenvalue weighted by Gasteiger charge is 2.14. The topological polar surface area (TPSA) is 36.1 Å². The molecule has 0 unspecified atom stereocenters. The van der Waals surface area contributed by atoms with Crippen LogP contribution in [0, 0.1) is 13.8 Å². The van der Waals surface area contributed by atoms with E-state index in [2.05, 4.69) is 53.0 Å². The number of hydrogen-bond acceptors (Lipinski definition) is 1. The molecule has 19 heavy (non-hydrogen) atoms. The Labute approximate surface area is 121 Å². The van der Waals surface area contributed by atoms with Gasteiger partial charge in [-0.15, -0.1) is 0 Å². The van der Waals surface area contributed by atoms with E-state index in [9.17, 15) is 4.79 Å². The first-order chi connectivity index (χ1) is 8.97. The fourth-order valence-corrected chi connectivity index (χ4v) is 2.39. The Hall–Kier alpha value is -1.55. The van der Waals surface area contributed by atoms with Crippen molar-refractivity contribution in [1.82, 2.24) is 9.88 Å². The SMILES string of the molecule is Cc1ccc(CN(C)C(=O)c2cc(Br)c[nH]2)c(C)c1. The summed E-state index contributed by atoms with van der Waals surface area (Å²) in [6, 6.07) is 8.09. The second kappa shape index (κ2) is 5.61. The summed E-state index contributed by atoms with van der Waals surface area (Å²) in [4.78, 5) is 16.9. The normalized spacial score (nSPS) is 10.5. The van der Waals surface area contributed by atoms with Gasteiger partial charge >= 0.3 is 0 Å². The number of nitrogens with one attached hydrogen (secondary N) is 1. The van der Waals surface area contributed by atoms with Gasteiger partial charge in [-0.05, 0) is 47.0 Å². The molecule has 2 rings (SSSR count). The highest BCUT2D eigenvalue weighted by atomic mass is 79.9. The summed E-state index contributed by atoms with van der Waals surface area (Å²) in [7, 11) is 1.82. The van der Waals surface area contributed by atoms with E-state index in [4.69, 9.17) is 0 Å². The molecule has 1 N–H and O–H groups in total. The molecule has 1 heterocycles. The van der Waals surface area contributed by atoms with Crippen molar-refractivity contribution in [2.45, 2.75) is 20.4 Å². The smallest absolute Gasteiger partial charge is 0.270 e. The van der Waals surface area contributed by atoms with Gasteiger partial charge in [-0.3, -0.25) is 4.79 Å². The molecule has 0 bridgehead atoms. The summed E-state index contributed by atoms with van der Waals surface area (Å²) in [6.07, 6.45) is 1.76. The number of amides is 1. The number of rotatable bonds is 3. The summed E-state index contributed by atoms with van der Waals surface area (Å²) in [5, 5.41) is 0. The second-order valence-corrected chi connectivity index (χ2v) is 5.74. The molecule has 100 valence electrons. The Kier molecular flexibility index (Phi) is 4.10. The number of carbonyl (C=O) groups excluding carboxylic acids is 1. The Morgan fingerprint density at radius 1 is 1.32 bits per heavy atom. The number of hydrogen-bond donors (Lipinski definition) is 1. The van der Waals surface area contributed by atoms with Gasteiger partial charge < -0.3 is 9.88 Å². The zero-order valence-electron chi connectivity index (χ0n) is 11.3. The molecule has 0 saturated heterocycles. The van der Waals surface area contributed by atoms with Crippen LogP contribution in [0.15, 0.2) is 34.9 Å². The average molecular weight is 321 g/mol. The fraction of sp³-hybridized carbons (Fsp3) is 0.267. The van der Waals surface area contributed by atoms with Crippen LogP contribution in [0.4, 0.5) is 0 Å². The summed E-state index contributed by atoms with van der Waals surface area (Å²) in [6.45, 7) is 4.76. The highest BCUT2D eigenvalue weighted by molar-refractivity contribution is 9.10. The number of nitrogens with zero attached hydrogens (tertiary/aromatic N) is 1. The molecule has 0 radical (unpaired) electrons. The quantitative estimate of drug-likeness (QED) is 0.920. The molecule has 1 aromatic heterocycles. The van der Waals surface area contributed by atoms with Crippen LogP contribution in [-0.4, -0.2) is 22.8 Å². The molecule has 1 amide bonds. The highest BCUT2D eigenvalue weighted by Crippen LogP contribution is 2.15. The van der Waals surface area contributed by atoms with E-state index >= 15 is 0 Å². The molecule has 0 aliphatic rings. The molecular weight excluding hydrogens is 304 g/mol. The lowest BCUT2D eigenvalue weighted by Crippen LogP contribution is -2.26. The molecular formula is C15H17BrN2O. The summed E-state index contributed by atoms with van der Waals surface area (Å²) in [5.41, 5.74) is 4.22. The predicted octanol–water partition coefficient (Wildman–Crippen LogP) is 3.67. The Morgan fingerprint density at radius 2 is 2.05 bits per heavy atom. The Bertz CT molecular complexity index is 604. The van der Waals surface area contributed by atoms with Crippen molar-refractivity contribution in [2.24, 2.45) is 0 Å². The van der Waals surface area contributed by atoms with Crippen molar-refractivity contribution in [3.63, 3.8) is 0 Å². The fourth-order valence-electron chi connectivity index (χ4n) is 2.05. The summed E-state index contributed by atoms with van der Waals surface area (Å²) < 4.78 is 0.885. The third kappa shape index (κ3) is 3.26. The number of benzene rings is 1. The van der Waals surface area contributed by atoms with E-state index in [1.165, 1.54) is 16.7 Å². The van der Waals surface area contributed by atoms with Crippen LogP contribution < -0.4 is 0 Å². The van der Waals surface area contributed by atoms with E-state index < -0.39 is 0 Å². The Balaban J connectivity index is 2.12. The van der Waals surface area contributed by atoms with Crippen molar-refractivity contribution in [3.8, 4) is 0 Å². The largest absolute Gasteiger partial charge is 0.356 e. The first-order valence-corrected chi connectivity index (χ1v) is 6.92. The van der Waals surface area contributed by atoms with Crippen molar-refractivity contribution in [2.75, 3.05) is 7.05 Å². The van der Waals surface area contributed by atoms with Gasteiger partial charge in [-0.25, -0.2) is 0 Å². The molecule has 0 spiro atoms. The molecule has 4 heteroatoms. The van der Waals surface area contributed by atoms with Crippen LogP contribution in [0.5, 0.6) is 0 Å². The average Bonchev–Trinajstić information content (AvgIpc) is 2.78. The minimum atomic E-state index is -0.00863. The van der Waals surface area contributed by atoms with Gasteiger partial charge in [-0.1, -0.05) is 23.8 Å². The van der Waals surface area contributed by atoms with Crippen molar-refractivity contribution in [3.05, 3.63) is 57.3 Å². The second-order valence-electron chi connectivity index (χ2n) is 4.82. The number of aromatic amines is 1.